The summed E-state index contributed by atoms with van der Waals surface area (Å²) in [6.45, 7) is 1.90. The molecule has 1 amide bonds. The van der Waals surface area contributed by atoms with Crippen LogP contribution in [0.2, 0.25) is 0 Å². The van der Waals surface area contributed by atoms with E-state index in [1.165, 1.54) is 11.8 Å². The first-order valence-corrected chi connectivity index (χ1v) is 13.3. The molecule has 0 bridgehead atoms. The van der Waals surface area contributed by atoms with E-state index in [-0.39, 0.29) is 16.6 Å². The number of rotatable bonds is 9. The molecule has 0 unspecified atom stereocenters. The summed E-state index contributed by atoms with van der Waals surface area (Å²) in [6.07, 6.45) is 0. The maximum atomic E-state index is 12.5. The molecule has 35 heavy (non-hydrogen) atoms. The van der Waals surface area contributed by atoms with Crippen molar-refractivity contribution in [3.8, 4) is 11.5 Å². The van der Waals surface area contributed by atoms with Gasteiger partial charge < -0.3 is 10.1 Å². The molecule has 2 N–H and O–H groups in total. The molecule has 0 atom stereocenters. The molecule has 0 radical (unpaired) electrons. The molecule has 0 spiro atoms. The maximum absolute atomic E-state index is 12.5. The van der Waals surface area contributed by atoms with Gasteiger partial charge in [0.05, 0.1) is 10.6 Å². The van der Waals surface area contributed by atoms with Crippen molar-refractivity contribution in [2.45, 2.75) is 16.7 Å². The van der Waals surface area contributed by atoms with Crippen molar-refractivity contribution in [1.82, 2.24) is 0 Å². The topological polar surface area (TPSA) is 84.5 Å². The number of benzene rings is 4. The number of amides is 1. The van der Waals surface area contributed by atoms with Crippen LogP contribution in [-0.2, 0) is 14.8 Å². The molecule has 0 aliphatic carbocycles. The van der Waals surface area contributed by atoms with Gasteiger partial charge in [0.1, 0.15) is 11.5 Å². The van der Waals surface area contributed by atoms with E-state index >= 15 is 0 Å². The van der Waals surface area contributed by atoms with E-state index < -0.39 is 10.0 Å². The highest BCUT2D eigenvalue weighted by atomic mass is 32.2. The lowest BCUT2D eigenvalue weighted by Gasteiger charge is -2.10. The molecular weight excluding hydrogens is 480 g/mol. The average Bonchev–Trinajstić information content (AvgIpc) is 2.85. The minimum atomic E-state index is -3.65. The number of para-hydroxylation sites is 1. The van der Waals surface area contributed by atoms with Gasteiger partial charge in [0.2, 0.25) is 5.91 Å². The zero-order valence-corrected chi connectivity index (χ0v) is 20.6. The average molecular weight is 505 g/mol. The monoisotopic (exact) mass is 504 g/mol. The largest absolute Gasteiger partial charge is 0.457 e. The lowest BCUT2D eigenvalue weighted by molar-refractivity contribution is -0.113. The first-order chi connectivity index (χ1) is 16.9. The predicted molar refractivity (Wildman–Crippen MR) is 141 cm³/mol. The van der Waals surface area contributed by atoms with E-state index in [1.54, 1.807) is 72.8 Å². The van der Waals surface area contributed by atoms with Gasteiger partial charge >= 0.3 is 0 Å². The molecule has 4 aromatic rings. The summed E-state index contributed by atoms with van der Waals surface area (Å²) in [5, 5.41) is 2.86. The van der Waals surface area contributed by atoms with Gasteiger partial charge in [0, 0.05) is 16.3 Å². The minimum absolute atomic E-state index is 0.143. The van der Waals surface area contributed by atoms with E-state index in [1.807, 2.05) is 37.3 Å². The molecule has 0 heterocycles. The Hall–Kier alpha value is -3.75. The number of carbonyl (C=O) groups excluding carboxylic acids is 1. The first kappa shape index (κ1) is 24.4. The van der Waals surface area contributed by atoms with E-state index in [0.717, 1.165) is 16.2 Å². The van der Waals surface area contributed by atoms with Crippen LogP contribution in [0, 0.1) is 6.92 Å². The van der Waals surface area contributed by atoms with Gasteiger partial charge in [-0.1, -0.05) is 35.9 Å². The Balaban J connectivity index is 1.26. The molecule has 4 aromatic carbocycles. The SMILES string of the molecule is Cc1ccc(S(=O)(=O)Nc2ccc(SCC(=O)Nc3ccc(Oc4ccccc4)cc3)cc2)cc1. The highest BCUT2D eigenvalue weighted by Crippen LogP contribution is 2.24. The normalized spacial score (nSPS) is 11.0. The highest BCUT2D eigenvalue weighted by Gasteiger charge is 2.14. The first-order valence-electron chi connectivity index (χ1n) is 10.8. The van der Waals surface area contributed by atoms with Crippen LogP contribution < -0.4 is 14.8 Å². The molecule has 8 heteroatoms. The van der Waals surface area contributed by atoms with Crippen molar-refractivity contribution < 1.29 is 17.9 Å². The number of hydrogen-bond donors (Lipinski definition) is 2. The predicted octanol–water partition coefficient (Wildman–Crippen LogP) is 6.32. The number of aryl methyl sites for hydroxylation is 1. The summed E-state index contributed by atoms with van der Waals surface area (Å²) < 4.78 is 33.4. The van der Waals surface area contributed by atoms with Gasteiger partial charge in [-0.25, -0.2) is 8.42 Å². The number of thioether (sulfide) groups is 1. The highest BCUT2D eigenvalue weighted by molar-refractivity contribution is 8.00. The fraction of sp³-hybridized carbons (Fsp3) is 0.0741. The van der Waals surface area contributed by atoms with E-state index in [2.05, 4.69) is 10.0 Å². The summed E-state index contributed by atoms with van der Waals surface area (Å²) in [5.41, 5.74) is 2.12. The van der Waals surface area contributed by atoms with Gasteiger partial charge in [-0.15, -0.1) is 11.8 Å². The fourth-order valence-electron chi connectivity index (χ4n) is 3.13. The molecule has 0 saturated carbocycles. The minimum Gasteiger partial charge on any atom is -0.457 e. The molecule has 0 aliphatic rings. The standard InChI is InChI=1S/C27H24N2O4S2/c1-20-7-17-26(18-8-20)35(31,32)29-22-11-15-25(16-12-22)34-19-27(30)28-21-9-13-24(14-10-21)33-23-5-3-2-4-6-23/h2-18,29H,19H2,1H3,(H,28,30). The molecular formula is C27H24N2O4S2. The van der Waals surface area contributed by atoms with E-state index in [4.69, 9.17) is 4.74 Å². The summed E-state index contributed by atoms with van der Waals surface area (Å²) in [6, 6.07) is 30.2. The van der Waals surface area contributed by atoms with E-state index in [0.29, 0.717) is 17.1 Å². The van der Waals surface area contributed by atoms with Crippen molar-refractivity contribution in [2.75, 3.05) is 15.8 Å². The number of nitrogens with one attached hydrogen (secondary N) is 2. The Morgan fingerprint density at radius 1 is 0.771 bits per heavy atom. The molecule has 6 nitrogen and oxygen atoms in total. The van der Waals surface area contributed by atoms with Crippen molar-refractivity contribution in [3.63, 3.8) is 0 Å². The van der Waals surface area contributed by atoms with Crippen LogP contribution in [0.3, 0.4) is 0 Å². The number of hydrogen-bond acceptors (Lipinski definition) is 5. The Kier molecular flexibility index (Phi) is 7.74. The van der Waals surface area contributed by atoms with Crippen molar-refractivity contribution in [2.24, 2.45) is 0 Å². The summed E-state index contributed by atoms with van der Waals surface area (Å²) in [4.78, 5) is 13.4. The third kappa shape index (κ3) is 7.11. The molecule has 4 rings (SSSR count). The molecule has 0 fully saturated rings. The smallest absolute Gasteiger partial charge is 0.261 e. The van der Waals surface area contributed by atoms with Crippen LogP contribution in [0.4, 0.5) is 11.4 Å². The van der Waals surface area contributed by atoms with Crippen molar-refractivity contribution in [1.29, 1.82) is 0 Å². The molecule has 0 saturated heterocycles. The number of sulfonamides is 1. The zero-order valence-electron chi connectivity index (χ0n) is 19.0. The molecule has 0 aliphatic heterocycles. The van der Waals surface area contributed by atoms with Crippen LogP contribution in [0.25, 0.3) is 0 Å². The Bertz CT molecular complexity index is 1370. The van der Waals surface area contributed by atoms with Gasteiger partial charge in [-0.2, -0.15) is 0 Å². The second-order valence-corrected chi connectivity index (χ2v) is 10.5. The third-order valence-corrected chi connectivity index (χ3v) is 7.33. The zero-order chi connectivity index (χ0) is 24.7. The van der Waals surface area contributed by atoms with Crippen LogP contribution in [0.1, 0.15) is 5.56 Å². The molecule has 0 aromatic heterocycles. The van der Waals surface area contributed by atoms with E-state index in [9.17, 15) is 13.2 Å². The Labute approximate surface area is 209 Å². The Morgan fingerprint density at radius 2 is 1.37 bits per heavy atom. The van der Waals surface area contributed by atoms with Crippen LogP contribution in [-0.4, -0.2) is 20.1 Å². The maximum Gasteiger partial charge on any atom is 0.261 e. The molecule has 178 valence electrons. The number of carbonyl (C=O) groups is 1. The third-order valence-electron chi connectivity index (χ3n) is 4.92. The summed E-state index contributed by atoms with van der Waals surface area (Å²) in [7, 11) is -3.65. The van der Waals surface area contributed by atoms with Gasteiger partial charge in [0.15, 0.2) is 0 Å². The fourth-order valence-corrected chi connectivity index (χ4v) is 4.88. The quantitative estimate of drug-likeness (QED) is 0.261. The van der Waals surface area contributed by atoms with Crippen LogP contribution in [0.15, 0.2) is 113 Å². The van der Waals surface area contributed by atoms with Crippen LogP contribution >= 0.6 is 11.8 Å². The summed E-state index contributed by atoms with van der Waals surface area (Å²) in [5.74, 6) is 1.50. The van der Waals surface area contributed by atoms with Gasteiger partial charge in [0.25, 0.3) is 10.0 Å². The summed E-state index contributed by atoms with van der Waals surface area (Å²) >= 11 is 1.36. The number of ether oxygens (including phenoxy) is 1. The van der Waals surface area contributed by atoms with Crippen molar-refractivity contribution >= 4 is 39.1 Å². The van der Waals surface area contributed by atoms with Crippen LogP contribution in [0.5, 0.6) is 11.5 Å². The second-order valence-electron chi connectivity index (χ2n) is 7.72. The lowest BCUT2D eigenvalue weighted by atomic mass is 10.2. The van der Waals surface area contributed by atoms with Gasteiger partial charge in [-0.05, 0) is 79.7 Å². The lowest BCUT2D eigenvalue weighted by Crippen LogP contribution is -2.14. The van der Waals surface area contributed by atoms with Gasteiger partial charge in [-0.3, -0.25) is 9.52 Å². The van der Waals surface area contributed by atoms with Crippen molar-refractivity contribution in [3.05, 3.63) is 109 Å². The second kappa shape index (κ2) is 11.1. The Morgan fingerprint density at radius 3 is 2.03 bits per heavy atom. The number of anilines is 2.